The smallest absolute Gasteiger partial charge is 0.236 e. The van der Waals surface area contributed by atoms with E-state index in [2.05, 4.69) is 28.2 Å². The van der Waals surface area contributed by atoms with Crippen LogP contribution in [0.4, 0.5) is 5.82 Å². The van der Waals surface area contributed by atoms with Crippen LogP contribution in [0.5, 0.6) is 0 Å². The van der Waals surface area contributed by atoms with E-state index in [1.54, 1.807) is 6.20 Å². The van der Waals surface area contributed by atoms with Gasteiger partial charge in [0.05, 0.1) is 6.54 Å². The van der Waals surface area contributed by atoms with E-state index in [-0.39, 0.29) is 5.91 Å². The molecule has 0 aromatic carbocycles. The number of amides is 1. The lowest BCUT2D eigenvalue weighted by molar-refractivity contribution is -0.129. The van der Waals surface area contributed by atoms with Crippen LogP contribution in [-0.2, 0) is 11.3 Å². The van der Waals surface area contributed by atoms with Crippen LogP contribution in [-0.4, -0.2) is 53.9 Å². The summed E-state index contributed by atoms with van der Waals surface area (Å²) in [6, 6.07) is 4.02. The Hall–Kier alpha value is -1.62. The minimum Gasteiger partial charge on any atom is -0.370 e. The van der Waals surface area contributed by atoms with E-state index in [4.69, 9.17) is 0 Å². The second-order valence-electron chi connectivity index (χ2n) is 4.92. The van der Waals surface area contributed by atoms with Crippen molar-refractivity contribution in [3.05, 3.63) is 23.9 Å². The Morgan fingerprint density at radius 3 is 3.05 bits per heavy atom. The number of pyridine rings is 1. The first-order valence-electron chi connectivity index (χ1n) is 6.84. The van der Waals surface area contributed by atoms with Crippen molar-refractivity contribution >= 4 is 11.7 Å². The second-order valence-corrected chi connectivity index (χ2v) is 4.92. The summed E-state index contributed by atoms with van der Waals surface area (Å²) < 4.78 is 0. The molecule has 1 fully saturated rings. The summed E-state index contributed by atoms with van der Waals surface area (Å²) in [5, 5.41) is 3.27. The lowest BCUT2D eigenvalue weighted by atomic mass is 10.2. The van der Waals surface area contributed by atoms with E-state index < -0.39 is 0 Å². The quantitative estimate of drug-likeness (QED) is 0.885. The molecule has 1 saturated heterocycles. The molecule has 1 aromatic heterocycles. The standard InChI is InChI=1S/C14H22N4O/c1-3-15-14-12(6-4-7-16-14)10-18-9-5-8-17(2)13(19)11-18/h4,6-7H,3,5,8-11H2,1-2H3,(H,15,16). The number of likely N-dealkylation sites (N-methyl/N-ethyl adjacent to an activating group) is 1. The molecule has 19 heavy (non-hydrogen) atoms. The lowest BCUT2D eigenvalue weighted by Crippen LogP contribution is -2.34. The average molecular weight is 262 g/mol. The number of anilines is 1. The monoisotopic (exact) mass is 262 g/mol. The number of nitrogens with one attached hydrogen (secondary N) is 1. The van der Waals surface area contributed by atoms with E-state index in [0.29, 0.717) is 6.54 Å². The maximum absolute atomic E-state index is 11.9. The van der Waals surface area contributed by atoms with Crippen molar-refractivity contribution in [2.24, 2.45) is 0 Å². The van der Waals surface area contributed by atoms with Crippen LogP contribution in [0.3, 0.4) is 0 Å². The Labute approximate surface area is 114 Å². The highest BCUT2D eigenvalue weighted by atomic mass is 16.2. The zero-order valence-corrected chi connectivity index (χ0v) is 11.7. The van der Waals surface area contributed by atoms with Gasteiger partial charge in [0.1, 0.15) is 5.82 Å². The highest BCUT2D eigenvalue weighted by molar-refractivity contribution is 5.78. The van der Waals surface area contributed by atoms with Gasteiger partial charge in [-0.15, -0.1) is 0 Å². The average Bonchev–Trinajstić information content (AvgIpc) is 2.55. The highest BCUT2D eigenvalue weighted by Crippen LogP contribution is 2.15. The van der Waals surface area contributed by atoms with Gasteiger partial charge in [0.15, 0.2) is 0 Å². The van der Waals surface area contributed by atoms with Crippen LogP contribution in [0.25, 0.3) is 0 Å². The van der Waals surface area contributed by atoms with Gasteiger partial charge >= 0.3 is 0 Å². The molecule has 1 aromatic rings. The van der Waals surface area contributed by atoms with Gasteiger partial charge in [-0.3, -0.25) is 9.69 Å². The number of hydrogen-bond acceptors (Lipinski definition) is 4. The molecular weight excluding hydrogens is 240 g/mol. The third-order valence-corrected chi connectivity index (χ3v) is 3.38. The number of carbonyl (C=O) groups is 1. The van der Waals surface area contributed by atoms with Crippen molar-refractivity contribution in [2.45, 2.75) is 19.9 Å². The molecule has 0 saturated carbocycles. The van der Waals surface area contributed by atoms with Crippen molar-refractivity contribution in [3.63, 3.8) is 0 Å². The van der Waals surface area contributed by atoms with E-state index in [1.165, 1.54) is 0 Å². The van der Waals surface area contributed by atoms with Crippen molar-refractivity contribution in [1.29, 1.82) is 0 Å². The molecule has 0 atom stereocenters. The lowest BCUT2D eigenvalue weighted by Gasteiger charge is -2.20. The maximum Gasteiger partial charge on any atom is 0.236 e. The Morgan fingerprint density at radius 2 is 2.26 bits per heavy atom. The summed E-state index contributed by atoms with van der Waals surface area (Å²) in [5.41, 5.74) is 1.15. The summed E-state index contributed by atoms with van der Waals surface area (Å²) in [7, 11) is 1.87. The Balaban J connectivity index is 2.06. The van der Waals surface area contributed by atoms with Gasteiger partial charge in [0.25, 0.3) is 0 Å². The van der Waals surface area contributed by atoms with Crippen molar-refractivity contribution in [2.75, 3.05) is 38.5 Å². The first-order valence-corrected chi connectivity index (χ1v) is 6.84. The summed E-state index contributed by atoms with van der Waals surface area (Å²) in [5.74, 6) is 1.13. The molecule has 0 bridgehead atoms. The summed E-state index contributed by atoms with van der Waals surface area (Å²) >= 11 is 0. The summed E-state index contributed by atoms with van der Waals surface area (Å²) in [6.07, 6.45) is 2.82. The van der Waals surface area contributed by atoms with Crippen molar-refractivity contribution in [1.82, 2.24) is 14.8 Å². The van der Waals surface area contributed by atoms with Crippen molar-refractivity contribution in [3.8, 4) is 0 Å². The first kappa shape index (κ1) is 13.8. The highest BCUT2D eigenvalue weighted by Gasteiger charge is 2.19. The van der Waals surface area contributed by atoms with Crippen LogP contribution in [0.1, 0.15) is 18.9 Å². The summed E-state index contributed by atoms with van der Waals surface area (Å²) in [4.78, 5) is 20.2. The van der Waals surface area contributed by atoms with E-state index in [0.717, 1.165) is 44.0 Å². The van der Waals surface area contributed by atoms with Gasteiger partial charge in [-0.1, -0.05) is 6.07 Å². The molecule has 0 spiro atoms. The first-order chi connectivity index (χ1) is 9.20. The van der Waals surface area contributed by atoms with Crippen LogP contribution in [0.15, 0.2) is 18.3 Å². The van der Waals surface area contributed by atoms with Gasteiger partial charge in [-0.05, 0) is 19.4 Å². The van der Waals surface area contributed by atoms with Crippen LogP contribution in [0, 0.1) is 0 Å². The predicted octanol–water partition coefficient (Wildman–Crippen LogP) is 1.18. The molecule has 2 rings (SSSR count). The fraction of sp³-hybridized carbons (Fsp3) is 0.571. The molecule has 1 N–H and O–H groups in total. The van der Waals surface area contributed by atoms with E-state index in [1.807, 2.05) is 18.0 Å². The van der Waals surface area contributed by atoms with Gasteiger partial charge < -0.3 is 10.2 Å². The molecule has 104 valence electrons. The number of rotatable bonds is 4. The number of hydrogen-bond donors (Lipinski definition) is 1. The number of carbonyl (C=O) groups excluding carboxylic acids is 1. The minimum atomic E-state index is 0.200. The third kappa shape index (κ3) is 3.67. The maximum atomic E-state index is 11.9. The molecule has 5 heteroatoms. The topological polar surface area (TPSA) is 48.5 Å². The number of aromatic nitrogens is 1. The van der Waals surface area contributed by atoms with Crippen LogP contribution >= 0.6 is 0 Å². The van der Waals surface area contributed by atoms with E-state index >= 15 is 0 Å². The molecule has 0 aliphatic carbocycles. The van der Waals surface area contributed by atoms with Crippen molar-refractivity contribution < 1.29 is 4.79 Å². The van der Waals surface area contributed by atoms with Crippen LogP contribution < -0.4 is 5.32 Å². The van der Waals surface area contributed by atoms with Gasteiger partial charge in [-0.2, -0.15) is 0 Å². The molecule has 1 aliphatic rings. The number of nitrogens with zero attached hydrogens (tertiary/aromatic N) is 3. The molecule has 1 amide bonds. The molecular formula is C14H22N4O. The Kier molecular flexibility index (Phi) is 4.74. The minimum absolute atomic E-state index is 0.200. The molecule has 1 aliphatic heterocycles. The zero-order chi connectivity index (χ0) is 13.7. The Bertz CT molecular complexity index is 435. The molecule has 0 unspecified atom stereocenters. The van der Waals surface area contributed by atoms with Gasteiger partial charge in [0.2, 0.25) is 5.91 Å². The predicted molar refractivity (Wildman–Crippen MR) is 75.9 cm³/mol. The second kappa shape index (κ2) is 6.52. The SMILES string of the molecule is CCNc1ncccc1CN1CCCN(C)C(=O)C1. The summed E-state index contributed by atoms with van der Waals surface area (Å²) in [6.45, 7) is 5.99. The fourth-order valence-corrected chi connectivity index (χ4v) is 2.32. The molecule has 5 nitrogen and oxygen atoms in total. The largest absolute Gasteiger partial charge is 0.370 e. The van der Waals surface area contributed by atoms with Gasteiger partial charge in [-0.25, -0.2) is 4.98 Å². The van der Waals surface area contributed by atoms with Crippen LogP contribution in [0.2, 0.25) is 0 Å². The molecule has 0 radical (unpaired) electrons. The Morgan fingerprint density at radius 1 is 1.42 bits per heavy atom. The van der Waals surface area contributed by atoms with Gasteiger partial charge in [0, 0.05) is 45.0 Å². The fourth-order valence-electron chi connectivity index (χ4n) is 2.32. The third-order valence-electron chi connectivity index (χ3n) is 3.38. The van der Waals surface area contributed by atoms with E-state index in [9.17, 15) is 4.79 Å². The molecule has 2 heterocycles. The normalized spacial score (nSPS) is 17.4. The zero-order valence-electron chi connectivity index (χ0n) is 11.7.